The van der Waals surface area contributed by atoms with Crippen LogP contribution in [0.25, 0.3) is 0 Å². The SMILES string of the molecule is Cc1ncc(CNC(=O)C2NCCCC2(C)C)s1. The summed E-state index contributed by atoms with van der Waals surface area (Å²) in [5, 5.41) is 7.37. The van der Waals surface area contributed by atoms with Crippen LogP contribution < -0.4 is 10.6 Å². The van der Waals surface area contributed by atoms with Gasteiger partial charge in [0.05, 0.1) is 17.6 Å². The number of thiazole rings is 1. The number of nitrogens with one attached hydrogen (secondary N) is 2. The van der Waals surface area contributed by atoms with Crippen molar-refractivity contribution in [3.63, 3.8) is 0 Å². The van der Waals surface area contributed by atoms with E-state index in [2.05, 4.69) is 29.5 Å². The molecule has 0 spiro atoms. The minimum absolute atomic E-state index is 0.0337. The largest absolute Gasteiger partial charge is 0.350 e. The molecule has 1 aliphatic heterocycles. The lowest BCUT2D eigenvalue weighted by molar-refractivity contribution is -0.126. The highest BCUT2D eigenvalue weighted by Crippen LogP contribution is 2.30. The third-order valence-corrected chi connectivity index (χ3v) is 4.41. The highest BCUT2D eigenvalue weighted by Gasteiger charge is 2.36. The summed E-state index contributed by atoms with van der Waals surface area (Å²) in [5.41, 5.74) is 0.0337. The number of carbonyl (C=O) groups excluding carboxylic acids is 1. The summed E-state index contributed by atoms with van der Waals surface area (Å²) in [6.07, 6.45) is 4.07. The Morgan fingerprint density at radius 3 is 3.06 bits per heavy atom. The zero-order chi connectivity index (χ0) is 13.2. The van der Waals surface area contributed by atoms with Gasteiger partial charge in [-0.2, -0.15) is 0 Å². The number of hydrogen-bond acceptors (Lipinski definition) is 4. The third kappa shape index (κ3) is 3.09. The first-order valence-electron chi connectivity index (χ1n) is 6.41. The molecule has 1 unspecified atom stereocenters. The van der Waals surface area contributed by atoms with E-state index < -0.39 is 0 Å². The smallest absolute Gasteiger partial charge is 0.237 e. The van der Waals surface area contributed by atoms with Crippen molar-refractivity contribution in [1.29, 1.82) is 0 Å². The molecule has 1 atom stereocenters. The van der Waals surface area contributed by atoms with Crippen molar-refractivity contribution >= 4 is 17.2 Å². The van der Waals surface area contributed by atoms with E-state index in [1.807, 2.05) is 13.1 Å². The second kappa shape index (κ2) is 5.36. The number of nitrogens with zero attached hydrogens (tertiary/aromatic N) is 1. The average Bonchev–Trinajstić information content (AvgIpc) is 2.71. The number of rotatable bonds is 3. The molecule has 1 fully saturated rings. The molecule has 5 heteroatoms. The van der Waals surface area contributed by atoms with Crippen LogP contribution in [0, 0.1) is 12.3 Å². The fourth-order valence-electron chi connectivity index (χ4n) is 2.42. The average molecular weight is 267 g/mol. The second-order valence-corrected chi connectivity index (χ2v) is 6.86. The van der Waals surface area contributed by atoms with Gasteiger partial charge in [0, 0.05) is 11.1 Å². The highest BCUT2D eigenvalue weighted by atomic mass is 32.1. The van der Waals surface area contributed by atoms with Gasteiger partial charge in [-0.05, 0) is 31.7 Å². The minimum atomic E-state index is -0.0831. The van der Waals surface area contributed by atoms with Gasteiger partial charge in [-0.15, -0.1) is 11.3 Å². The van der Waals surface area contributed by atoms with Crippen molar-refractivity contribution in [2.45, 2.75) is 46.2 Å². The Labute approximate surface area is 112 Å². The molecule has 2 N–H and O–H groups in total. The fraction of sp³-hybridized carbons (Fsp3) is 0.692. The van der Waals surface area contributed by atoms with Crippen LogP contribution in [-0.4, -0.2) is 23.5 Å². The molecular weight excluding hydrogens is 246 g/mol. The number of aryl methyl sites for hydroxylation is 1. The van der Waals surface area contributed by atoms with E-state index in [0.717, 1.165) is 29.3 Å². The molecule has 1 saturated heterocycles. The molecule has 1 aromatic heterocycles. The fourth-order valence-corrected chi connectivity index (χ4v) is 3.16. The molecular formula is C13H21N3OS. The van der Waals surface area contributed by atoms with Gasteiger partial charge in [-0.1, -0.05) is 13.8 Å². The van der Waals surface area contributed by atoms with Gasteiger partial charge < -0.3 is 10.6 Å². The number of aromatic nitrogens is 1. The highest BCUT2D eigenvalue weighted by molar-refractivity contribution is 7.11. The molecule has 100 valence electrons. The molecule has 2 rings (SSSR count). The topological polar surface area (TPSA) is 54.0 Å². The normalized spacial score (nSPS) is 22.7. The van der Waals surface area contributed by atoms with Crippen LogP contribution in [0.5, 0.6) is 0 Å². The molecule has 0 saturated carbocycles. The van der Waals surface area contributed by atoms with Crippen molar-refractivity contribution in [1.82, 2.24) is 15.6 Å². The van der Waals surface area contributed by atoms with Crippen LogP contribution in [0.1, 0.15) is 36.6 Å². The molecule has 0 bridgehead atoms. The predicted octanol–water partition coefficient (Wildman–Crippen LogP) is 1.85. The second-order valence-electron chi connectivity index (χ2n) is 5.54. The standard InChI is InChI=1S/C13H21N3OS/c1-9-15-7-10(18-9)8-16-12(17)11-13(2,3)5-4-6-14-11/h7,11,14H,4-6,8H2,1-3H3,(H,16,17). The maximum Gasteiger partial charge on any atom is 0.237 e. The maximum atomic E-state index is 12.2. The van der Waals surface area contributed by atoms with E-state index in [0.29, 0.717) is 6.54 Å². The summed E-state index contributed by atoms with van der Waals surface area (Å²) < 4.78 is 0. The van der Waals surface area contributed by atoms with Gasteiger partial charge in [0.15, 0.2) is 0 Å². The first-order valence-corrected chi connectivity index (χ1v) is 7.23. The van der Waals surface area contributed by atoms with E-state index in [-0.39, 0.29) is 17.4 Å². The van der Waals surface area contributed by atoms with E-state index in [1.165, 1.54) is 0 Å². The molecule has 0 radical (unpaired) electrons. The lowest BCUT2D eigenvalue weighted by Crippen LogP contribution is -2.55. The third-order valence-electron chi connectivity index (χ3n) is 3.50. The van der Waals surface area contributed by atoms with Crippen LogP contribution in [-0.2, 0) is 11.3 Å². The van der Waals surface area contributed by atoms with Gasteiger partial charge in [0.2, 0.25) is 5.91 Å². The van der Waals surface area contributed by atoms with Gasteiger partial charge >= 0.3 is 0 Å². The molecule has 1 aromatic rings. The van der Waals surface area contributed by atoms with Crippen molar-refractivity contribution < 1.29 is 4.79 Å². The Balaban J connectivity index is 1.91. The van der Waals surface area contributed by atoms with E-state index in [1.54, 1.807) is 11.3 Å². The zero-order valence-electron chi connectivity index (χ0n) is 11.2. The quantitative estimate of drug-likeness (QED) is 0.878. The monoisotopic (exact) mass is 267 g/mol. The lowest BCUT2D eigenvalue weighted by atomic mass is 9.77. The van der Waals surface area contributed by atoms with Gasteiger partial charge in [-0.3, -0.25) is 4.79 Å². The number of hydrogen-bond donors (Lipinski definition) is 2. The van der Waals surface area contributed by atoms with Crippen LogP contribution in [0.15, 0.2) is 6.20 Å². The maximum absolute atomic E-state index is 12.2. The molecule has 18 heavy (non-hydrogen) atoms. The van der Waals surface area contributed by atoms with Crippen LogP contribution in [0.4, 0.5) is 0 Å². The van der Waals surface area contributed by atoms with Crippen molar-refractivity contribution in [3.8, 4) is 0 Å². The summed E-state index contributed by atoms with van der Waals surface area (Å²) >= 11 is 1.63. The van der Waals surface area contributed by atoms with Crippen LogP contribution in [0.3, 0.4) is 0 Å². The number of piperidine rings is 1. The Morgan fingerprint density at radius 2 is 2.44 bits per heavy atom. The Bertz CT molecular complexity index is 428. The minimum Gasteiger partial charge on any atom is -0.350 e. The zero-order valence-corrected chi connectivity index (χ0v) is 12.1. The predicted molar refractivity (Wildman–Crippen MR) is 73.5 cm³/mol. The molecule has 1 amide bonds. The Hall–Kier alpha value is -0.940. The van der Waals surface area contributed by atoms with Crippen molar-refractivity contribution in [2.75, 3.05) is 6.54 Å². The summed E-state index contributed by atoms with van der Waals surface area (Å²) in [5.74, 6) is 0.103. The van der Waals surface area contributed by atoms with Gasteiger partial charge in [0.25, 0.3) is 0 Å². The first-order chi connectivity index (χ1) is 8.49. The summed E-state index contributed by atoms with van der Waals surface area (Å²) in [4.78, 5) is 17.5. The Kier molecular flexibility index (Phi) is 4.02. The summed E-state index contributed by atoms with van der Waals surface area (Å²) in [6, 6.07) is -0.0831. The van der Waals surface area contributed by atoms with E-state index in [9.17, 15) is 4.79 Å². The van der Waals surface area contributed by atoms with E-state index in [4.69, 9.17) is 0 Å². The molecule has 1 aliphatic rings. The molecule has 4 nitrogen and oxygen atoms in total. The number of amides is 1. The van der Waals surface area contributed by atoms with Crippen LogP contribution >= 0.6 is 11.3 Å². The van der Waals surface area contributed by atoms with Gasteiger partial charge in [0.1, 0.15) is 0 Å². The molecule has 2 heterocycles. The summed E-state index contributed by atoms with van der Waals surface area (Å²) in [7, 11) is 0. The number of carbonyl (C=O) groups is 1. The van der Waals surface area contributed by atoms with Crippen molar-refractivity contribution in [2.24, 2.45) is 5.41 Å². The van der Waals surface area contributed by atoms with Crippen LogP contribution in [0.2, 0.25) is 0 Å². The van der Waals surface area contributed by atoms with E-state index >= 15 is 0 Å². The van der Waals surface area contributed by atoms with Crippen molar-refractivity contribution in [3.05, 3.63) is 16.1 Å². The lowest BCUT2D eigenvalue weighted by Gasteiger charge is -2.38. The Morgan fingerprint density at radius 1 is 1.67 bits per heavy atom. The molecule has 0 aromatic carbocycles. The molecule has 0 aliphatic carbocycles. The van der Waals surface area contributed by atoms with Gasteiger partial charge in [-0.25, -0.2) is 4.98 Å². The summed E-state index contributed by atoms with van der Waals surface area (Å²) in [6.45, 7) is 7.79. The first kappa shape index (κ1) is 13.5.